The van der Waals surface area contributed by atoms with Crippen molar-refractivity contribution in [1.29, 1.82) is 0 Å². The van der Waals surface area contributed by atoms with E-state index in [0.29, 0.717) is 4.91 Å². The number of rotatable bonds is 3. The van der Waals surface area contributed by atoms with Gasteiger partial charge in [0.05, 0.1) is 12.0 Å². The second-order valence-corrected chi connectivity index (χ2v) is 5.58. The van der Waals surface area contributed by atoms with E-state index in [4.69, 9.17) is 0 Å². The first-order chi connectivity index (χ1) is 9.04. The summed E-state index contributed by atoms with van der Waals surface area (Å²) in [7, 11) is 1.22. The van der Waals surface area contributed by atoms with Crippen LogP contribution in [0.3, 0.4) is 0 Å². The van der Waals surface area contributed by atoms with Crippen molar-refractivity contribution in [3.63, 3.8) is 0 Å². The van der Waals surface area contributed by atoms with Gasteiger partial charge in [-0.2, -0.15) is 11.3 Å². The number of ether oxygens (including phenoxy) is 1. The molecule has 0 N–H and O–H groups in total. The van der Waals surface area contributed by atoms with Gasteiger partial charge in [-0.15, -0.1) is 0 Å². The molecule has 1 aliphatic rings. The molecule has 0 aliphatic carbocycles. The van der Waals surface area contributed by atoms with Crippen LogP contribution in [0.4, 0.5) is 4.79 Å². The van der Waals surface area contributed by atoms with E-state index in [1.807, 2.05) is 16.8 Å². The van der Waals surface area contributed by atoms with E-state index in [0.717, 1.165) is 22.2 Å². The fraction of sp³-hybridized carbons (Fsp3) is 0.250. The van der Waals surface area contributed by atoms with Gasteiger partial charge in [-0.3, -0.25) is 14.5 Å². The van der Waals surface area contributed by atoms with Crippen molar-refractivity contribution in [2.75, 3.05) is 7.11 Å². The van der Waals surface area contributed by atoms with Gasteiger partial charge in [-0.1, -0.05) is 0 Å². The molecule has 0 unspecified atom stereocenters. The Bertz CT molecular complexity index is 550. The summed E-state index contributed by atoms with van der Waals surface area (Å²) >= 11 is 2.33. The molecule has 1 atom stereocenters. The van der Waals surface area contributed by atoms with Crippen LogP contribution in [0.15, 0.2) is 21.7 Å². The van der Waals surface area contributed by atoms with Crippen LogP contribution in [0.1, 0.15) is 12.5 Å². The summed E-state index contributed by atoms with van der Waals surface area (Å²) in [6.07, 6.45) is 1.64. The molecule has 2 amide bonds. The lowest BCUT2D eigenvalue weighted by Gasteiger charge is -2.18. The Kier molecular flexibility index (Phi) is 4.06. The Labute approximate surface area is 118 Å². The summed E-state index contributed by atoms with van der Waals surface area (Å²) in [6.45, 7) is 1.47. The third-order valence-corrected chi connectivity index (χ3v) is 4.18. The minimum atomic E-state index is -0.911. The standard InChI is InChI=1S/C12H11NO4S2/c1-7(11(15)17-2)13-10(14)9(19-12(13)16)5-8-3-4-18-6-8/h3-7H,1-2H3/b9-5+/t7-/m0/s1. The number of amides is 2. The van der Waals surface area contributed by atoms with Crippen molar-refractivity contribution in [3.8, 4) is 0 Å². The molecule has 0 aromatic carbocycles. The molecule has 5 nitrogen and oxygen atoms in total. The van der Waals surface area contributed by atoms with Gasteiger partial charge >= 0.3 is 5.97 Å². The lowest BCUT2D eigenvalue weighted by molar-refractivity contribution is -0.148. The fourth-order valence-electron chi connectivity index (χ4n) is 1.60. The summed E-state index contributed by atoms with van der Waals surface area (Å²) in [4.78, 5) is 36.6. The van der Waals surface area contributed by atoms with E-state index in [2.05, 4.69) is 4.74 Å². The summed E-state index contributed by atoms with van der Waals surface area (Å²) in [6, 6.07) is 0.938. The number of hydrogen-bond acceptors (Lipinski definition) is 6. The van der Waals surface area contributed by atoms with Crippen LogP contribution in [-0.2, 0) is 14.3 Å². The average molecular weight is 297 g/mol. The van der Waals surface area contributed by atoms with Gasteiger partial charge in [-0.25, -0.2) is 4.79 Å². The Morgan fingerprint density at radius 1 is 1.47 bits per heavy atom. The Hall–Kier alpha value is -1.60. The molecule has 0 saturated carbocycles. The van der Waals surface area contributed by atoms with Gasteiger partial charge in [0.25, 0.3) is 11.1 Å². The topological polar surface area (TPSA) is 63.7 Å². The Morgan fingerprint density at radius 2 is 2.21 bits per heavy atom. The van der Waals surface area contributed by atoms with E-state index in [9.17, 15) is 14.4 Å². The zero-order chi connectivity index (χ0) is 14.0. The van der Waals surface area contributed by atoms with Crippen LogP contribution in [-0.4, -0.2) is 35.2 Å². The van der Waals surface area contributed by atoms with E-state index in [1.54, 1.807) is 6.08 Å². The minimum absolute atomic E-state index is 0.319. The van der Waals surface area contributed by atoms with Gasteiger partial charge < -0.3 is 4.74 Å². The second-order valence-electron chi connectivity index (χ2n) is 3.81. The smallest absolute Gasteiger partial charge is 0.328 e. The van der Waals surface area contributed by atoms with Crippen LogP contribution >= 0.6 is 23.1 Å². The number of thioether (sulfide) groups is 1. The van der Waals surface area contributed by atoms with Crippen LogP contribution in [0.25, 0.3) is 6.08 Å². The lowest BCUT2D eigenvalue weighted by Crippen LogP contribution is -2.42. The van der Waals surface area contributed by atoms with Gasteiger partial charge in [-0.05, 0) is 47.2 Å². The molecule has 7 heteroatoms. The maximum absolute atomic E-state index is 12.1. The molecule has 0 radical (unpaired) electrons. The van der Waals surface area contributed by atoms with E-state index in [-0.39, 0.29) is 0 Å². The van der Waals surface area contributed by atoms with Crippen LogP contribution in [0, 0.1) is 0 Å². The highest BCUT2D eigenvalue weighted by atomic mass is 32.2. The molecular formula is C12H11NO4S2. The van der Waals surface area contributed by atoms with E-state index < -0.39 is 23.2 Å². The third-order valence-electron chi connectivity index (χ3n) is 2.59. The molecule has 1 aromatic heterocycles. The summed E-state index contributed by atoms with van der Waals surface area (Å²) in [5, 5.41) is 3.30. The molecule has 1 fully saturated rings. The average Bonchev–Trinajstić information content (AvgIpc) is 2.98. The van der Waals surface area contributed by atoms with Crippen molar-refractivity contribution in [3.05, 3.63) is 27.3 Å². The quantitative estimate of drug-likeness (QED) is 0.633. The van der Waals surface area contributed by atoms with Crippen LogP contribution in [0.2, 0.25) is 0 Å². The van der Waals surface area contributed by atoms with Gasteiger partial charge in [0, 0.05) is 0 Å². The maximum Gasteiger partial charge on any atom is 0.328 e. The number of carbonyl (C=O) groups excluding carboxylic acids is 3. The predicted molar refractivity (Wildman–Crippen MR) is 73.6 cm³/mol. The minimum Gasteiger partial charge on any atom is -0.467 e. The van der Waals surface area contributed by atoms with Crippen LogP contribution in [0.5, 0.6) is 0 Å². The SMILES string of the molecule is COC(=O)[C@H](C)N1C(=O)S/C(=C/c2ccsc2)C1=O. The molecular weight excluding hydrogens is 286 g/mol. The molecule has 2 heterocycles. The molecule has 1 aliphatic heterocycles. The molecule has 2 rings (SSSR count). The van der Waals surface area contributed by atoms with Gasteiger partial charge in [0.2, 0.25) is 0 Å². The van der Waals surface area contributed by atoms with Gasteiger partial charge in [0.15, 0.2) is 0 Å². The maximum atomic E-state index is 12.1. The number of carbonyl (C=O) groups is 3. The fourth-order valence-corrected chi connectivity index (χ4v) is 3.12. The predicted octanol–water partition coefficient (Wildman–Crippen LogP) is 2.35. The van der Waals surface area contributed by atoms with Crippen molar-refractivity contribution >= 4 is 46.3 Å². The van der Waals surface area contributed by atoms with Gasteiger partial charge in [0.1, 0.15) is 6.04 Å². The molecule has 1 saturated heterocycles. The zero-order valence-electron chi connectivity index (χ0n) is 10.3. The van der Waals surface area contributed by atoms with Crippen LogP contribution < -0.4 is 0 Å². The number of hydrogen-bond donors (Lipinski definition) is 0. The number of thiophene rings is 1. The zero-order valence-corrected chi connectivity index (χ0v) is 11.9. The first-order valence-corrected chi connectivity index (χ1v) is 7.17. The Morgan fingerprint density at radius 3 is 2.79 bits per heavy atom. The monoisotopic (exact) mass is 297 g/mol. The number of nitrogens with zero attached hydrogens (tertiary/aromatic N) is 1. The van der Waals surface area contributed by atoms with Crippen molar-refractivity contribution in [2.45, 2.75) is 13.0 Å². The summed E-state index contributed by atoms with van der Waals surface area (Å²) in [5.41, 5.74) is 0.862. The largest absolute Gasteiger partial charge is 0.467 e. The second kappa shape index (κ2) is 5.58. The highest BCUT2D eigenvalue weighted by Gasteiger charge is 2.41. The molecule has 1 aromatic rings. The first-order valence-electron chi connectivity index (χ1n) is 5.41. The summed E-state index contributed by atoms with van der Waals surface area (Å²) < 4.78 is 4.55. The lowest BCUT2D eigenvalue weighted by atomic mass is 10.2. The molecule has 100 valence electrons. The third kappa shape index (κ3) is 2.71. The van der Waals surface area contributed by atoms with Crippen molar-refractivity contribution < 1.29 is 19.1 Å². The molecule has 19 heavy (non-hydrogen) atoms. The number of methoxy groups -OCH3 is 1. The number of imide groups is 1. The highest BCUT2D eigenvalue weighted by molar-refractivity contribution is 8.18. The van der Waals surface area contributed by atoms with E-state index in [1.165, 1.54) is 25.4 Å². The first kappa shape index (κ1) is 13.8. The molecule has 0 spiro atoms. The van der Waals surface area contributed by atoms with E-state index >= 15 is 0 Å². The highest BCUT2D eigenvalue weighted by Crippen LogP contribution is 2.33. The normalized spacial score (nSPS) is 19.1. The summed E-state index contributed by atoms with van der Waals surface area (Å²) in [5.74, 6) is -1.07. The number of esters is 1. The van der Waals surface area contributed by atoms with Crippen molar-refractivity contribution in [1.82, 2.24) is 4.90 Å². The molecule has 0 bridgehead atoms. The Balaban J connectivity index is 2.24. The van der Waals surface area contributed by atoms with Crippen molar-refractivity contribution in [2.24, 2.45) is 0 Å².